The van der Waals surface area contributed by atoms with Crippen molar-refractivity contribution in [3.8, 4) is 0 Å². The molecule has 164 valence electrons. The standard InChI is InChI=1S/C22H29ClN2O4S/c1-16-12-17(2)22(18(3)13-16)30(27,28)25(14-19-6-8-20(23)9-7-19)15-21(26)24-10-5-11-29-4/h6-9,12-13H,5,10-11,14-15H2,1-4H3,(H,24,26). The predicted octanol–water partition coefficient (Wildman–Crippen LogP) is 3.61. The number of sulfonamides is 1. The normalized spacial score (nSPS) is 11.7. The second-order valence-corrected chi connectivity index (χ2v) is 9.63. The number of carbonyl (C=O) groups is 1. The van der Waals surface area contributed by atoms with Crippen LogP contribution < -0.4 is 5.32 Å². The van der Waals surface area contributed by atoms with Crippen molar-refractivity contribution >= 4 is 27.5 Å². The summed E-state index contributed by atoms with van der Waals surface area (Å²) < 4.78 is 33.3. The fraction of sp³-hybridized carbons (Fsp3) is 0.409. The molecule has 6 nitrogen and oxygen atoms in total. The van der Waals surface area contributed by atoms with Gasteiger partial charge in [-0.1, -0.05) is 41.4 Å². The predicted molar refractivity (Wildman–Crippen MR) is 119 cm³/mol. The molecule has 0 unspecified atom stereocenters. The maximum absolute atomic E-state index is 13.6. The van der Waals surface area contributed by atoms with Crippen LogP contribution in [0.15, 0.2) is 41.3 Å². The third-order valence-electron chi connectivity index (χ3n) is 4.64. The lowest BCUT2D eigenvalue weighted by atomic mass is 10.1. The highest BCUT2D eigenvalue weighted by Gasteiger charge is 2.29. The molecule has 0 aromatic heterocycles. The topological polar surface area (TPSA) is 75.7 Å². The summed E-state index contributed by atoms with van der Waals surface area (Å²) >= 11 is 5.95. The number of amides is 1. The smallest absolute Gasteiger partial charge is 0.244 e. The van der Waals surface area contributed by atoms with Gasteiger partial charge in [0.15, 0.2) is 0 Å². The summed E-state index contributed by atoms with van der Waals surface area (Å²) in [5, 5.41) is 3.32. The van der Waals surface area contributed by atoms with Crippen LogP contribution in [-0.4, -0.2) is 45.4 Å². The van der Waals surface area contributed by atoms with Gasteiger partial charge in [-0.3, -0.25) is 4.79 Å². The SMILES string of the molecule is COCCCNC(=O)CN(Cc1ccc(Cl)cc1)S(=O)(=O)c1c(C)cc(C)cc1C. The number of ether oxygens (including phenoxy) is 1. The molecule has 0 bridgehead atoms. The molecular formula is C22H29ClN2O4S. The molecule has 1 N–H and O–H groups in total. The Labute approximate surface area is 184 Å². The average Bonchev–Trinajstić information content (AvgIpc) is 2.65. The number of aryl methyl sites for hydroxylation is 3. The first kappa shape index (κ1) is 24.3. The molecule has 1 amide bonds. The Balaban J connectivity index is 2.34. The highest BCUT2D eigenvalue weighted by Crippen LogP contribution is 2.26. The largest absolute Gasteiger partial charge is 0.385 e. The summed E-state index contributed by atoms with van der Waals surface area (Å²) in [5.41, 5.74) is 3.06. The van der Waals surface area contributed by atoms with E-state index in [9.17, 15) is 13.2 Å². The van der Waals surface area contributed by atoms with Crippen LogP contribution in [0.5, 0.6) is 0 Å². The van der Waals surface area contributed by atoms with Crippen molar-refractivity contribution in [3.63, 3.8) is 0 Å². The first-order chi connectivity index (χ1) is 14.1. The molecule has 8 heteroatoms. The Kier molecular flexibility index (Phi) is 8.85. The Hall–Kier alpha value is -1.93. The van der Waals surface area contributed by atoms with Crippen LogP contribution in [0, 0.1) is 20.8 Å². The van der Waals surface area contributed by atoms with Crippen molar-refractivity contribution < 1.29 is 17.9 Å². The molecule has 0 fully saturated rings. The molecule has 0 aliphatic heterocycles. The van der Waals surface area contributed by atoms with E-state index in [2.05, 4.69) is 5.32 Å². The number of nitrogens with zero attached hydrogens (tertiary/aromatic N) is 1. The lowest BCUT2D eigenvalue weighted by Crippen LogP contribution is -2.41. The summed E-state index contributed by atoms with van der Waals surface area (Å²) in [6.07, 6.45) is 0.655. The van der Waals surface area contributed by atoms with Crippen LogP contribution in [0.2, 0.25) is 5.02 Å². The molecule has 2 aromatic rings. The summed E-state index contributed by atoms with van der Waals surface area (Å²) in [6.45, 7) is 6.22. The fourth-order valence-electron chi connectivity index (χ4n) is 3.38. The first-order valence-corrected chi connectivity index (χ1v) is 11.5. The molecule has 0 saturated carbocycles. The molecule has 0 radical (unpaired) electrons. The number of nitrogens with one attached hydrogen (secondary N) is 1. The molecule has 2 aromatic carbocycles. The van der Waals surface area contributed by atoms with E-state index in [4.69, 9.17) is 16.3 Å². The molecular weight excluding hydrogens is 424 g/mol. The Morgan fingerprint density at radius 2 is 1.70 bits per heavy atom. The van der Waals surface area contributed by atoms with Gasteiger partial charge < -0.3 is 10.1 Å². The number of carbonyl (C=O) groups excluding carboxylic acids is 1. The van der Waals surface area contributed by atoms with Crippen molar-refractivity contribution in [2.24, 2.45) is 0 Å². The van der Waals surface area contributed by atoms with Gasteiger partial charge in [-0.25, -0.2) is 8.42 Å². The molecule has 0 heterocycles. The Morgan fingerprint density at radius 3 is 2.27 bits per heavy atom. The van der Waals surface area contributed by atoms with E-state index in [-0.39, 0.29) is 23.9 Å². The molecule has 0 atom stereocenters. The zero-order chi connectivity index (χ0) is 22.3. The third-order valence-corrected chi connectivity index (χ3v) is 6.99. The van der Waals surface area contributed by atoms with Crippen molar-refractivity contribution in [3.05, 3.63) is 63.7 Å². The van der Waals surface area contributed by atoms with E-state index in [0.29, 0.717) is 35.7 Å². The third kappa shape index (κ3) is 6.54. The minimum Gasteiger partial charge on any atom is -0.385 e. The van der Waals surface area contributed by atoms with Gasteiger partial charge in [0.25, 0.3) is 0 Å². The summed E-state index contributed by atoms with van der Waals surface area (Å²) in [4.78, 5) is 12.7. The van der Waals surface area contributed by atoms with Crippen LogP contribution in [-0.2, 0) is 26.1 Å². The Morgan fingerprint density at radius 1 is 1.10 bits per heavy atom. The number of benzene rings is 2. The second kappa shape index (κ2) is 10.9. The lowest BCUT2D eigenvalue weighted by Gasteiger charge is -2.24. The van der Waals surface area contributed by atoms with Gasteiger partial charge in [0.1, 0.15) is 0 Å². The number of hydrogen-bond donors (Lipinski definition) is 1. The maximum atomic E-state index is 13.6. The number of methoxy groups -OCH3 is 1. The van der Waals surface area contributed by atoms with Crippen LogP contribution in [0.1, 0.15) is 28.7 Å². The summed E-state index contributed by atoms with van der Waals surface area (Å²) in [6, 6.07) is 10.6. The van der Waals surface area contributed by atoms with Crippen molar-refractivity contribution in [2.45, 2.75) is 38.6 Å². The lowest BCUT2D eigenvalue weighted by molar-refractivity contribution is -0.121. The number of hydrogen-bond acceptors (Lipinski definition) is 4. The number of halogens is 1. The van der Waals surface area contributed by atoms with Crippen molar-refractivity contribution in [1.29, 1.82) is 0 Å². The van der Waals surface area contributed by atoms with Gasteiger partial charge in [-0.2, -0.15) is 4.31 Å². The minimum atomic E-state index is -3.90. The second-order valence-electron chi connectivity index (χ2n) is 7.32. The van der Waals surface area contributed by atoms with Crippen LogP contribution in [0.4, 0.5) is 0 Å². The quantitative estimate of drug-likeness (QED) is 0.559. The van der Waals surface area contributed by atoms with Gasteiger partial charge in [-0.15, -0.1) is 0 Å². The van der Waals surface area contributed by atoms with E-state index in [1.54, 1.807) is 45.2 Å². The fourth-order valence-corrected chi connectivity index (χ4v) is 5.30. The van der Waals surface area contributed by atoms with Crippen LogP contribution >= 0.6 is 11.6 Å². The van der Waals surface area contributed by atoms with Gasteiger partial charge in [-0.05, 0) is 56.0 Å². The minimum absolute atomic E-state index is 0.0672. The van der Waals surface area contributed by atoms with Gasteiger partial charge in [0.05, 0.1) is 11.4 Å². The highest BCUT2D eigenvalue weighted by atomic mass is 35.5. The monoisotopic (exact) mass is 452 g/mol. The van der Waals surface area contributed by atoms with Crippen LogP contribution in [0.3, 0.4) is 0 Å². The zero-order valence-electron chi connectivity index (χ0n) is 17.9. The van der Waals surface area contributed by atoms with Gasteiger partial charge in [0, 0.05) is 31.8 Å². The van der Waals surface area contributed by atoms with Crippen molar-refractivity contribution in [2.75, 3.05) is 26.8 Å². The van der Waals surface area contributed by atoms with Gasteiger partial charge >= 0.3 is 0 Å². The molecule has 0 saturated heterocycles. The number of rotatable bonds is 10. The van der Waals surface area contributed by atoms with Crippen molar-refractivity contribution in [1.82, 2.24) is 9.62 Å². The zero-order valence-corrected chi connectivity index (χ0v) is 19.4. The van der Waals surface area contributed by atoms with E-state index in [0.717, 1.165) is 11.1 Å². The highest BCUT2D eigenvalue weighted by molar-refractivity contribution is 7.89. The van der Waals surface area contributed by atoms with Crippen LogP contribution in [0.25, 0.3) is 0 Å². The van der Waals surface area contributed by atoms with E-state index >= 15 is 0 Å². The molecule has 2 rings (SSSR count). The van der Waals surface area contributed by atoms with E-state index in [1.165, 1.54) is 4.31 Å². The van der Waals surface area contributed by atoms with Gasteiger partial charge in [0.2, 0.25) is 15.9 Å². The molecule has 0 aliphatic carbocycles. The first-order valence-electron chi connectivity index (χ1n) is 9.73. The summed E-state index contributed by atoms with van der Waals surface area (Å²) in [5.74, 6) is -0.356. The average molecular weight is 453 g/mol. The Bertz CT molecular complexity index is 952. The molecule has 0 aliphatic rings. The van der Waals surface area contributed by atoms with E-state index < -0.39 is 10.0 Å². The van der Waals surface area contributed by atoms with E-state index in [1.807, 2.05) is 19.1 Å². The molecule has 30 heavy (non-hydrogen) atoms. The molecule has 0 spiro atoms. The maximum Gasteiger partial charge on any atom is 0.244 e. The summed E-state index contributed by atoms with van der Waals surface area (Å²) in [7, 11) is -2.31.